The van der Waals surface area contributed by atoms with Gasteiger partial charge in [-0.15, -0.1) is 0 Å². The van der Waals surface area contributed by atoms with Gasteiger partial charge in [0.05, 0.1) is 5.56 Å². The molecule has 0 spiro atoms. The number of likely N-dealkylation sites (tertiary alicyclic amines) is 1. The number of hydrogen-bond acceptors (Lipinski definition) is 2. The Morgan fingerprint density at radius 2 is 2.00 bits per heavy atom. The maximum atomic E-state index is 13.1. The minimum Gasteiger partial charge on any atom is -0.330 e. The molecule has 1 heterocycles. The molecule has 18 heavy (non-hydrogen) atoms. The van der Waals surface area contributed by atoms with E-state index in [0.717, 1.165) is 12.6 Å². The second-order valence-corrected chi connectivity index (χ2v) is 5.02. The first kappa shape index (κ1) is 13.4. The smallest absolute Gasteiger partial charge is 0.330 e. The molecule has 100 valence electrons. The highest BCUT2D eigenvalue weighted by Crippen LogP contribution is 2.41. The van der Waals surface area contributed by atoms with E-state index in [0.29, 0.717) is 18.5 Å². The Labute approximate surface area is 105 Å². The number of likely N-dealkylation sites (N-methyl/N-ethyl adjacent to an activating group) is 1. The van der Waals surface area contributed by atoms with Gasteiger partial charge in [-0.3, -0.25) is 0 Å². The summed E-state index contributed by atoms with van der Waals surface area (Å²) in [6.45, 7) is 1.60. The summed E-state index contributed by atoms with van der Waals surface area (Å²) < 4.78 is 39.2. The number of nitrogens with two attached hydrogens (primary N) is 1. The van der Waals surface area contributed by atoms with Crippen LogP contribution in [0.5, 0.6) is 0 Å². The molecule has 1 fully saturated rings. The van der Waals surface area contributed by atoms with Gasteiger partial charge < -0.3 is 10.6 Å². The van der Waals surface area contributed by atoms with Crippen LogP contribution in [0.15, 0.2) is 24.3 Å². The highest BCUT2D eigenvalue weighted by molar-refractivity contribution is 5.38. The summed E-state index contributed by atoms with van der Waals surface area (Å²) in [5.74, 6) is 0. The fourth-order valence-corrected chi connectivity index (χ4v) is 2.77. The van der Waals surface area contributed by atoms with E-state index in [1.165, 1.54) is 6.07 Å². The molecule has 1 aliphatic heterocycles. The van der Waals surface area contributed by atoms with Crippen LogP contribution in [0.4, 0.5) is 13.2 Å². The lowest BCUT2D eigenvalue weighted by Crippen LogP contribution is -2.39. The second-order valence-electron chi connectivity index (χ2n) is 5.02. The van der Waals surface area contributed by atoms with Crippen molar-refractivity contribution in [2.45, 2.75) is 18.0 Å². The van der Waals surface area contributed by atoms with E-state index >= 15 is 0 Å². The predicted octanol–water partition coefficient (Wildman–Crippen LogP) is 2.24. The molecular formula is C13H17F3N2. The van der Waals surface area contributed by atoms with Gasteiger partial charge in [0.1, 0.15) is 0 Å². The van der Waals surface area contributed by atoms with Crippen LogP contribution in [0.1, 0.15) is 17.5 Å². The SMILES string of the molecule is CN1CCC(CN)(c2ccccc2C(F)(F)F)C1. The van der Waals surface area contributed by atoms with Crippen molar-refractivity contribution < 1.29 is 13.2 Å². The lowest BCUT2D eigenvalue weighted by Gasteiger charge is -2.30. The highest BCUT2D eigenvalue weighted by atomic mass is 19.4. The average molecular weight is 258 g/mol. The summed E-state index contributed by atoms with van der Waals surface area (Å²) in [4.78, 5) is 2.03. The normalized spacial score (nSPS) is 25.6. The molecule has 0 aliphatic carbocycles. The molecule has 2 rings (SSSR count). The van der Waals surface area contributed by atoms with Gasteiger partial charge in [0.15, 0.2) is 0 Å². The lowest BCUT2D eigenvalue weighted by molar-refractivity contribution is -0.138. The minimum atomic E-state index is -4.32. The Bertz CT molecular complexity index is 430. The van der Waals surface area contributed by atoms with Crippen molar-refractivity contribution in [2.24, 2.45) is 5.73 Å². The zero-order valence-electron chi connectivity index (χ0n) is 10.3. The monoisotopic (exact) mass is 258 g/mol. The van der Waals surface area contributed by atoms with E-state index in [4.69, 9.17) is 5.73 Å². The van der Waals surface area contributed by atoms with Crippen LogP contribution in [0.2, 0.25) is 0 Å². The molecule has 2 N–H and O–H groups in total. The van der Waals surface area contributed by atoms with Crippen molar-refractivity contribution in [3.05, 3.63) is 35.4 Å². The zero-order chi connectivity index (χ0) is 13.4. The molecule has 1 aromatic carbocycles. The van der Waals surface area contributed by atoms with Crippen molar-refractivity contribution in [2.75, 3.05) is 26.7 Å². The highest BCUT2D eigenvalue weighted by Gasteiger charge is 2.43. The van der Waals surface area contributed by atoms with Crippen LogP contribution in [-0.4, -0.2) is 31.6 Å². The van der Waals surface area contributed by atoms with Gasteiger partial charge in [0, 0.05) is 18.5 Å². The van der Waals surface area contributed by atoms with Crippen molar-refractivity contribution >= 4 is 0 Å². The van der Waals surface area contributed by atoms with Crippen LogP contribution in [-0.2, 0) is 11.6 Å². The predicted molar refractivity (Wildman–Crippen MR) is 64.3 cm³/mol. The van der Waals surface area contributed by atoms with Crippen molar-refractivity contribution in [3.63, 3.8) is 0 Å². The van der Waals surface area contributed by atoms with Gasteiger partial charge in [-0.1, -0.05) is 18.2 Å². The lowest BCUT2D eigenvalue weighted by atomic mass is 9.77. The fourth-order valence-electron chi connectivity index (χ4n) is 2.77. The molecule has 2 nitrogen and oxygen atoms in total. The van der Waals surface area contributed by atoms with E-state index in [1.54, 1.807) is 12.1 Å². The Hall–Kier alpha value is -1.07. The fraction of sp³-hybridized carbons (Fsp3) is 0.538. The van der Waals surface area contributed by atoms with Gasteiger partial charge in [-0.05, 0) is 31.6 Å². The summed E-state index contributed by atoms with van der Waals surface area (Å²) in [7, 11) is 1.91. The zero-order valence-corrected chi connectivity index (χ0v) is 10.3. The summed E-state index contributed by atoms with van der Waals surface area (Å²) >= 11 is 0. The Kier molecular flexibility index (Phi) is 3.38. The van der Waals surface area contributed by atoms with Gasteiger partial charge in [-0.25, -0.2) is 0 Å². The van der Waals surface area contributed by atoms with Crippen LogP contribution in [0.25, 0.3) is 0 Å². The van der Waals surface area contributed by atoms with Crippen molar-refractivity contribution in [1.82, 2.24) is 4.90 Å². The molecule has 1 saturated heterocycles. The molecule has 0 aromatic heterocycles. The third kappa shape index (κ3) is 2.24. The van der Waals surface area contributed by atoms with E-state index < -0.39 is 17.2 Å². The van der Waals surface area contributed by atoms with Crippen LogP contribution in [0, 0.1) is 0 Å². The number of rotatable bonds is 2. The van der Waals surface area contributed by atoms with E-state index in [2.05, 4.69) is 0 Å². The Morgan fingerprint density at radius 1 is 1.33 bits per heavy atom. The Balaban J connectivity index is 2.50. The van der Waals surface area contributed by atoms with Crippen LogP contribution in [0.3, 0.4) is 0 Å². The van der Waals surface area contributed by atoms with Gasteiger partial charge in [-0.2, -0.15) is 13.2 Å². The molecule has 0 amide bonds. The number of benzene rings is 1. The quantitative estimate of drug-likeness (QED) is 0.881. The maximum Gasteiger partial charge on any atom is 0.416 e. The summed E-state index contributed by atoms with van der Waals surface area (Å²) in [6.07, 6.45) is -3.65. The number of halogens is 3. The summed E-state index contributed by atoms with van der Waals surface area (Å²) in [6, 6.07) is 5.79. The first-order valence-corrected chi connectivity index (χ1v) is 5.94. The molecule has 0 bridgehead atoms. The average Bonchev–Trinajstić information content (AvgIpc) is 2.71. The molecule has 1 aromatic rings. The maximum absolute atomic E-state index is 13.1. The van der Waals surface area contributed by atoms with Crippen LogP contribution >= 0.6 is 0 Å². The molecule has 0 saturated carbocycles. The molecule has 1 unspecified atom stereocenters. The summed E-state index contributed by atoms with van der Waals surface area (Å²) in [5, 5.41) is 0. The van der Waals surface area contributed by atoms with Gasteiger partial charge >= 0.3 is 6.18 Å². The van der Waals surface area contributed by atoms with Crippen molar-refractivity contribution in [1.29, 1.82) is 0 Å². The molecule has 1 atom stereocenters. The molecule has 5 heteroatoms. The molecule has 1 aliphatic rings. The van der Waals surface area contributed by atoms with Crippen LogP contribution < -0.4 is 5.73 Å². The first-order chi connectivity index (χ1) is 8.39. The van der Waals surface area contributed by atoms with E-state index in [1.807, 2.05) is 11.9 Å². The topological polar surface area (TPSA) is 29.3 Å². The largest absolute Gasteiger partial charge is 0.416 e. The third-order valence-electron chi connectivity index (χ3n) is 3.74. The number of hydrogen-bond donors (Lipinski definition) is 1. The second kappa shape index (κ2) is 4.55. The number of nitrogens with zero attached hydrogens (tertiary/aromatic N) is 1. The van der Waals surface area contributed by atoms with E-state index in [-0.39, 0.29) is 6.54 Å². The standard InChI is InChI=1S/C13H17F3N2/c1-18-7-6-12(8-17,9-18)10-4-2-3-5-11(10)13(14,15)16/h2-5H,6-9,17H2,1H3. The Morgan fingerprint density at radius 3 is 2.50 bits per heavy atom. The first-order valence-electron chi connectivity index (χ1n) is 5.94. The van der Waals surface area contributed by atoms with E-state index in [9.17, 15) is 13.2 Å². The minimum absolute atomic E-state index is 0.241. The van der Waals surface area contributed by atoms with Gasteiger partial charge in [0.2, 0.25) is 0 Å². The van der Waals surface area contributed by atoms with Crippen molar-refractivity contribution in [3.8, 4) is 0 Å². The number of alkyl halides is 3. The van der Waals surface area contributed by atoms with Gasteiger partial charge in [0.25, 0.3) is 0 Å². The molecule has 0 radical (unpaired) electrons. The molecular weight excluding hydrogens is 241 g/mol. The third-order valence-corrected chi connectivity index (χ3v) is 3.74. The summed E-state index contributed by atoms with van der Waals surface area (Å²) in [5.41, 5.74) is 5.00.